The first kappa shape index (κ1) is 30.3. The van der Waals surface area contributed by atoms with Crippen LogP contribution in [0.3, 0.4) is 0 Å². The van der Waals surface area contributed by atoms with Crippen LogP contribution >= 0.6 is 23.1 Å². The lowest BCUT2D eigenvalue weighted by atomic mass is 9.83. The fourth-order valence-electron chi connectivity index (χ4n) is 5.14. The number of thiophene rings is 1. The minimum atomic E-state index is -0.449. The summed E-state index contributed by atoms with van der Waals surface area (Å²) in [5.74, 6) is -0.450. The van der Waals surface area contributed by atoms with Crippen molar-refractivity contribution in [1.29, 1.82) is 0 Å². The molecule has 0 fully saturated rings. The molecule has 2 amide bonds. The predicted molar refractivity (Wildman–Crippen MR) is 176 cm³/mol. The third-order valence-electron chi connectivity index (χ3n) is 7.26. The molecule has 2 N–H and O–H groups in total. The first-order valence-corrected chi connectivity index (χ1v) is 16.1. The highest BCUT2D eigenvalue weighted by atomic mass is 32.2. The van der Waals surface area contributed by atoms with Crippen molar-refractivity contribution in [3.8, 4) is 0 Å². The van der Waals surface area contributed by atoms with E-state index in [1.807, 2.05) is 67.6 Å². The zero-order valence-corrected chi connectivity index (χ0v) is 25.8. The van der Waals surface area contributed by atoms with Crippen LogP contribution < -0.4 is 10.6 Å². The van der Waals surface area contributed by atoms with Crippen molar-refractivity contribution in [3.05, 3.63) is 118 Å². The molecule has 1 heterocycles. The zero-order valence-electron chi connectivity index (χ0n) is 24.2. The van der Waals surface area contributed by atoms with Crippen molar-refractivity contribution >= 4 is 57.6 Å². The maximum Gasteiger partial charge on any atom is 0.341 e. The number of thioether (sulfide) groups is 1. The van der Waals surface area contributed by atoms with E-state index in [1.54, 1.807) is 13.0 Å². The average Bonchev–Trinajstić information content (AvgIpc) is 3.38. The van der Waals surface area contributed by atoms with Gasteiger partial charge in [-0.1, -0.05) is 66.7 Å². The van der Waals surface area contributed by atoms with E-state index in [0.717, 1.165) is 40.2 Å². The zero-order chi connectivity index (χ0) is 30.2. The fraction of sp³-hybridized carbons (Fsp3) is 0.229. The molecule has 6 nitrogen and oxygen atoms in total. The number of anilines is 2. The van der Waals surface area contributed by atoms with Gasteiger partial charge in [-0.3, -0.25) is 9.59 Å². The summed E-state index contributed by atoms with van der Waals surface area (Å²) < 4.78 is 5.40. The lowest BCUT2D eigenvalue weighted by Gasteiger charge is -2.23. The maximum absolute atomic E-state index is 13.4. The van der Waals surface area contributed by atoms with Gasteiger partial charge in [0, 0.05) is 21.5 Å². The Hall–Kier alpha value is -4.14. The van der Waals surface area contributed by atoms with Gasteiger partial charge in [0.25, 0.3) is 0 Å². The molecular weight excluding hydrogens is 577 g/mol. The van der Waals surface area contributed by atoms with E-state index in [2.05, 4.69) is 34.9 Å². The van der Waals surface area contributed by atoms with Gasteiger partial charge < -0.3 is 15.4 Å². The molecule has 3 aromatic carbocycles. The summed E-state index contributed by atoms with van der Waals surface area (Å²) in [4.78, 5) is 40.8. The van der Waals surface area contributed by atoms with Crippen LogP contribution in [0, 0.1) is 0 Å². The Morgan fingerprint density at radius 3 is 2.49 bits per heavy atom. The molecule has 8 heteroatoms. The third kappa shape index (κ3) is 7.83. The second-order valence-corrected chi connectivity index (χ2v) is 12.8. The average molecular weight is 611 g/mol. The van der Waals surface area contributed by atoms with E-state index in [1.165, 1.54) is 34.7 Å². The number of fused-ring (bicyclic) bond motifs is 1. The first-order chi connectivity index (χ1) is 20.9. The molecule has 0 spiro atoms. The topological polar surface area (TPSA) is 84.5 Å². The summed E-state index contributed by atoms with van der Waals surface area (Å²) >= 11 is 2.87. The Morgan fingerprint density at radius 1 is 1.00 bits per heavy atom. The van der Waals surface area contributed by atoms with Crippen LogP contribution in [0.1, 0.15) is 58.1 Å². The van der Waals surface area contributed by atoms with Crippen molar-refractivity contribution in [1.82, 2.24) is 0 Å². The Balaban J connectivity index is 1.26. The molecule has 43 heavy (non-hydrogen) atoms. The van der Waals surface area contributed by atoms with Gasteiger partial charge in [0.15, 0.2) is 0 Å². The molecular formula is C35H34N2O4S2. The van der Waals surface area contributed by atoms with Gasteiger partial charge in [-0.2, -0.15) is 0 Å². The number of ether oxygens (including phenoxy) is 1. The summed E-state index contributed by atoms with van der Waals surface area (Å²) in [5, 5.41) is 6.03. The number of rotatable bonds is 10. The van der Waals surface area contributed by atoms with Crippen LogP contribution in [0.15, 0.2) is 95.9 Å². The molecule has 0 radical (unpaired) electrons. The summed E-state index contributed by atoms with van der Waals surface area (Å²) in [6.07, 6.45) is 5.79. The van der Waals surface area contributed by atoms with Crippen molar-refractivity contribution in [2.75, 3.05) is 17.2 Å². The van der Waals surface area contributed by atoms with E-state index >= 15 is 0 Å². The Morgan fingerprint density at radius 2 is 1.74 bits per heavy atom. The van der Waals surface area contributed by atoms with Crippen molar-refractivity contribution < 1.29 is 19.1 Å². The highest BCUT2D eigenvalue weighted by Gasteiger charge is 2.31. The Kier molecular flexibility index (Phi) is 10.1. The molecule has 0 aliphatic heterocycles. The van der Waals surface area contributed by atoms with Gasteiger partial charge >= 0.3 is 5.97 Å². The number of amides is 2. The Labute approximate surface area is 260 Å². The second kappa shape index (κ2) is 14.4. The van der Waals surface area contributed by atoms with Crippen molar-refractivity contribution in [2.45, 2.75) is 49.2 Å². The molecule has 4 aromatic rings. The highest BCUT2D eigenvalue weighted by molar-refractivity contribution is 8.00. The molecule has 0 saturated carbocycles. The maximum atomic E-state index is 13.4. The lowest BCUT2D eigenvalue weighted by molar-refractivity contribution is -0.115. The van der Waals surface area contributed by atoms with Crippen molar-refractivity contribution in [3.63, 3.8) is 0 Å². The number of benzene rings is 3. The van der Waals surface area contributed by atoms with Gasteiger partial charge in [-0.15, -0.1) is 23.1 Å². The van der Waals surface area contributed by atoms with Crippen LogP contribution in [0.4, 0.5) is 10.7 Å². The van der Waals surface area contributed by atoms with Gasteiger partial charge in [0.2, 0.25) is 11.8 Å². The number of carbonyl (C=O) groups excluding carboxylic acids is 3. The number of carbonyl (C=O) groups is 3. The van der Waals surface area contributed by atoms with Gasteiger partial charge in [0.1, 0.15) is 5.00 Å². The molecule has 0 saturated heterocycles. The molecule has 220 valence electrons. The van der Waals surface area contributed by atoms with E-state index in [4.69, 9.17) is 4.74 Å². The van der Waals surface area contributed by atoms with Gasteiger partial charge in [-0.05, 0) is 80.0 Å². The van der Waals surface area contributed by atoms with E-state index < -0.39 is 11.2 Å². The second-order valence-electron chi connectivity index (χ2n) is 10.3. The number of hydrogen-bond donors (Lipinski definition) is 2. The molecule has 2 unspecified atom stereocenters. The minimum absolute atomic E-state index is 0.200. The molecule has 5 rings (SSSR count). The fourth-order valence-corrected chi connectivity index (χ4v) is 7.39. The van der Waals surface area contributed by atoms with Gasteiger partial charge in [0.05, 0.1) is 17.4 Å². The summed E-state index contributed by atoms with van der Waals surface area (Å²) in [7, 11) is 0. The van der Waals surface area contributed by atoms with E-state index in [9.17, 15) is 14.4 Å². The summed E-state index contributed by atoms with van der Waals surface area (Å²) in [5.41, 5.74) is 4.36. The lowest BCUT2D eigenvalue weighted by Crippen LogP contribution is -2.23. The predicted octanol–water partition coefficient (Wildman–Crippen LogP) is 7.97. The van der Waals surface area contributed by atoms with Crippen LogP contribution in [0.5, 0.6) is 0 Å². The van der Waals surface area contributed by atoms with Crippen LogP contribution in [-0.2, 0) is 27.2 Å². The monoisotopic (exact) mass is 610 g/mol. The summed E-state index contributed by atoms with van der Waals surface area (Å²) in [6.45, 7) is 3.89. The number of hydrogen-bond acceptors (Lipinski definition) is 6. The van der Waals surface area contributed by atoms with E-state index in [-0.39, 0.29) is 18.4 Å². The Bertz CT molecular complexity index is 1620. The van der Waals surface area contributed by atoms with Crippen molar-refractivity contribution in [2.24, 2.45) is 0 Å². The molecule has 2 atom stereocenters. The third-order valence-corrected chi connectivity index (χ3v) is 9.53. The van der Waals surface area contributed by atoms with Crippen LogP contribution in [0.2, 0.25) is 0 Å². The highest BCUT2D eigenvalue weighted by Crippen LogP contribution is 2.43. The van der Waals surface area contributed by atoms with E-state index in [0.29, 0.717) is 22.2 Å². The quantitative estimate of drug-likeness (QED) is 0.108. The first-order valence-electron chi connectivity index (χ1n) is 14.4. The number of nitrogens with one attached hydrogen (secondary N) is 2. The molecule has 0 bridgehead atoms. The normalized spacial score (nSPS) is 15.0. The largest absolute Gasteiger partial charge is 0.462 e. The molecule has 1 aliphatic carbocycles. The number of esters is 1. The standard InChI is InChI=1S/C35H34N2O4S2/c1-3-41-35(40)32-29-19-18-26(25-13-8-5-9-14-25)21-30(29)43-34(32)37-33(39)23(2)42-28-16-10-15-27(22-28)36-31(38)20-17-24-11-6-4-7-12-24/h4-17,20,22-23,26H,3,18-19,21H2,1-2H3,(H,36,38)(H,37,39)/b20-17+. The van der Waals surface area contributed by atoms with Crippen LogP contribution in [0.25, 0.3) is 6.08 Å². The van der Waals surface area contributed by atoms with Crippen LogP contribution in [-0.4, -0.2) is 29.6 Å². The smallest absolute Gasteiger partial charge is 0.341 e. The van der Waals surface area contributed by atoms with Gasteiger partial charge in [-0.25, -0.2) is 4.79 Å². The summed E-state index contributed by atoms with van der Waals surface area (Å²) in [6, 6.07) is 27.5. The molecule has 1 aromatic heterocycles. The molecule has 1 aliphatic rings. The minimum Gasteiger partial charge on any atom is -0.462 e. The SMILES string of the molecule is CCOC(=O)c1c(NC(=O)C(C)Sc2cccc(NC(=O)/C=C/c3ccccc3)c2)sc2c1CCC(c1ccccc1)C2.